The van der Waals surface area contributed by atoms with Crippen LogP contribution >= 0.6 is 15.9 Å². The maximum atomic E-state index is 13.3. The van der Waals surface area contributed by atoms with E-state index in [9.17, 15) is 4.39 Å². The third-order valence-electron chi connectivity index (χ3n) is 2.18. The highest BCUT2D eigenvalue weighted by Gasteiger charge is 2.04. The van der Waals surface area contributed by atoms with Crippen molar-refractivity contribution in [3.05, 3.63) is 46.1 Å². The molecule has 2 aromatic rings. The topological polar surface area (TPSA) is 61.0 Å². The van der Waals surface area contributed by atoms with Gasteiger partial charge in [-0.25, -0.2) is 14.4 Å². The summed E-state index contributed by atoms with van der Waals surface area (Å²) in [4.78, 5) is 8.20. The van der Waals surface area contributed by atoms with E-state index in [1.54, 1.807) is 18.2 Å². The van der Waals surface area contributed by atoms with E-state index in [0.29, 0.717) is 21.9 Å². The zero-order chi connectivity index (χ0) is 13.1. The van der Waals surface area contributed by atoms with Crippen molar-refractivity contribution in [2.24, 2.45) is 0 Å². The van der Waals surface area contributed by atoms with Gasteiger partial charge in [-0.05, 0) is 35.0 Å². The highest BCUT2D eigenvalue weighted by Crippen LogP contribution is 2.21. The fourth-order valence-electron chi connectivity index (χ4n) is 1.44. The molecule has 0 aliphatic heterocycles. The molecule has 4 nitrogen and oxygen atoms in total. The molecule has 0 spiro atoms. The van der Waals surface area contributed by atoms with Gasteiger partial charge in [0.2, 0.25) is 0 Å². The fourth-order valence-corrected chi connectivity index (χ4v) is 1.68. The Balaban J connectivity index is 2.08. The molecular weight excluding hydrogens is 301 g/mol. The number of halogens is 2. The van der Waals surface area contributed by atoms with Crippen molar-refractivity contribution >= 4 is 21.7 Å². The third kappa shape index (κ3) is 3.16. The fraction of sp³-hybridized carbons (Fsp3) is 0.167. The first kappa shape index (κ1) is 12.8. The normalized spacial score (nSPS) is 10.4. The molecule has 6 heteroatoms. The molecule has 1 aromatic carbocycles. The van der Waals surface area contributed by atoms with Gasteiger partial charge < -0.3 is 10.5 Å². The summed E-state index contributed by atoms with van der Waals surface area (Å²) in [7, 11) is 0. The summed E-state index contributed by atoms with van der Waals surface area (Å²) in [5.41, 5.74) is 6.37. The molecule has 94 valence electrons. The third-order valence-corrected chi connectivity index (χ3v) is 2.82. The molecule has 2 N–H and O–H groups in total. The van der Waals surface area contributed by atoms with Gasteiger partial charge in [0.25, 0.3) is 0 Å². The molecule has 1 aromatic heterocycles. The number of hydrogen-bond donors (Lipinski definition) is 1. The lowest BCUT2D eigenvalue weighted by Crippen LogP contribution is -2.05. The van der Waals surface area contributed by atoms with Gasteiger partial charge in [-0.2, -0.15) is 0 Å². The van der Waals surface area contributed by atoms with Crippen molar-refractivity contribution in [3.63, 3.8) is 0 Å². The number of nitrogen functional groups attached to an aromatic ring is 1. The van der Waals surface area contributed by atoms with E-state index in [0.717, 1.165) is 5.69 Å². The Kier molecular flexibility index (Phi) is 3.76. The van der Waals surface area contributed by atoms with Crippen LogP contribution in [0, 0.1) is 12.7 Å². The minimum absolute atomic E-state index is 0.146. The summed E-state index contributed by atoms with van der Waals surface area (Å²) in [5, 5.41) is 0. The van der Waals surface area contributed by atoms with E-state index in [2.05, 4.69) is 25.9 Å². The first-order chi connectivity index (χ1) is 8.54. The van der Waals surface area contributed by atoms with E-state index >= 15 is 0 Å². The molecule has 2 rings (SSSR count). The van der Waals surface area contributed by atoms with Crippen molar-refractivity contribution in [1.82, 2.24) is 9.97 Å². The number of ether oxygens (including phenoxy) is 1. The quantitative estimate of drug-likeness (QED) is 0.947. The van der Waals surface area contributed by atoms with Crippen LogP contribution in [-0.2, 0) is 6.61 Å². The molecule has 0 saturated carbocycles. The van der Waals surface area contributed by atoms with Crippen molar-refractivity contribution in [2.75, 3.05) is 5.73 Å². The molecule has 0 saturated heterocycles. The molecule has 0 unspecified atom stereocenters. The van der Waals surface area contributed by atoms with Crippen LogP contribution in [-0.4, -0.2) is 9.97 Å². The summed E-state index contributed by atoms with van der Waals surface area (Å²) < 4.78 is 19.0. The Morgan fingerprint density at radius 3 is 2.78 bits per heavy atom. The lowest BCUT2D eigenvalue weighted by atomic mass is 10.3. The monoisotopic (exact) mass is 311 g/mol. The summed E-state index contributed by atoms with van der Waals surface area (Å²) in [5.74, 6) is 0.899. The van der Waals surface area contributed by atoms with Gasteiger partial charge in [0.15, 0.2) is 5.82 Å². The number of nitrogens with two attached hydrogens (primary N) is 1. The molecule has 0 amide bonds. The SMILES string of the molecule is Cc1cc(N)nc(COc2ccc(Br)c(F)c2)n1. The van der Waals surface area contributed by atoms with Gasteiger partial charge in [0.05, 0.1) is 4.47 Å². The van der Waals surface area contributed by atoms with Crippen molar-refractivity contribution in [2.45, 2.75) is 13.5 Å². The Labute approximate surface area is 112 Å². The van der Waals surface area contributed by atoms with Gasteiger partial charge in [-0.15, -0.1) is 0 Å². The molecule has 0 aliphatic rings. The van der Waals surface area contributed by atoms with Crippen LogP contribution in [0.4, 0.5) is 10.2 Å². The smallest absolute Gasteiger partial charge is 0.168 e. The van der Waals surface area contributed by atoms with Crippen molar-refractivity contribution in [3.8, 4) is 5.75 Å². The molecular formula is C12H11BrFN3O. The highest BCUT2D eigenvalue weighted by molar-refractivity contribution is 9.10. The number of aromatic nitrogens is 2. The highest BCUT2D eigenvalue weighted by atomic mass is 79.9. The summed E-state index contributed by atoms with van der Waals surface area (Å²) >= 11 is 3.07. The average Bonchev–Trinajstić information content (AvgIpc) is 2.29. The van der Waals surface area contributed by atoms with Crippen LogP contribution in [0.3, 0.4) is 0 Å². The number of nitrogens with zero attached hydrogens (tertiary/aromatic N) is 2. The van der Waals surface area contributed by atoms with E-state index in [1.165, 1.54) is 6.07 Å². The molecule has 0 atom stereocenters. The van der Waals surface area contributed by atoms with Gasteiger partial charge in [-0.1, -0.05) is 0 Å². The second-order valence-electron chi connectivity index (χ2n) is 3.72. The van der Waals surface area contributed by atoms with Gasteiger partial charge in [0, 0.05) is 17.8 Å². The Morgan fingerprint density at radius 1 is 1.33 bits per heavy atom. The lowest BCUT2D eigenvalue weighted by Gasteiger charge is -2.07. The second-order valence-corrected chi connectivity index (χ2v) is 4.57. The van der Waals surface area contributed by atoms with E-state index < -0.39 is 0 Å². The zero-order valence-electron chi connectivity index (χ0n) is 9.65. The molecule has 0 bridgehead atoms. The number of rotatable bonds is 3. The molecule has 0 radical (unpaired) electrons. The summed E-state index contributed by atoms with van der Waals surface area (Å²) in [6.07, 6.45) is 0. The lowest BCUT2D eigenvalue weighted by molar-refractivity contribution is 0.294. The summed E-state index contributed by atoms with van der Waals surface area (Å²) in [6, 6.07) is 6.20. The Hall–Kier alpha value is -1.69. The molecule has 1 heterocycles. The Bertz CT molecular complexity index is 557. The molecule has 0 fully saturated rings. The van der Waals surface area contributed by atoms with E-state index in [1.807, 2.05) is 6.92 Å². The van der Waals surface area contributed by atoms with E-state index in [4.69, 9.17) is 10.5 Å². The average molecular weight is 312 g/mol. The van der Waals surface area contributed by atoms with Crippen LogP contribution in [0.1, 0.15) is 11.5 Å². The maximum absolute atomic E-state index is 13.3. The largest absolute Gasteiger partial charge is 0.486 e. The first-order valence-electron chi connectivity index (χ1n) is 5.22. The predicted octanol–water partition coefficient (Wildman–Crippen LogP) is 2.85. The minimum Gasteiger partial charge on any atom is -0.486 e. The van der Waals surface area contributed by atoms with Crippen molar-refractivity contribution in [1.29, 1.82) is 0 Å². The predicted molar refractivity (Wildman–Crippen MR) is 69.6 cm³/mol. The van der Waals surface area contributed by atoms with Crippen LogP contribution in [0.5, 0.6) is 5.75 Å². The van der Waals surface area contributed by atoms with Crippen LogP contribution in [0.25, 0.3) is 0 Å². The number of benzene rings is 1. The van der Waals surface area contributed by atoms with Crippen molar-refractivity contribution < 1.29 is 9.13 Å². The zero-order valence-corrected chi connectivity index (χ0v) is 11.2. The van der Waals surface area contributed by atoms with Gasteiger partial charge in [0.1, 0.15) is 24.0 Å². The van der Waals surface area contributed by atoms with Crippen LogP contribution < -0.4 is 10.5 Å². The van der Waals surface area contributed by atoms with E-state index in [-0.39, 0.29) is 12.4 Å². The van der Waals surface area contributed by atoms with Crippen LogP contribution in [0.2, 0.25) is 0 Å². The number of aryl methyl sites for hydroxylation is 1. The Morgan fingerprint density at radius 2 is 2.11 bits per heavy atom. The molecule has 0 aliphatic carbocycles. The standard InChI is InChI=1S/C12H11BrFN3O/c1-7-4-11(15)17-12(16-7)6-18-8-2-3-9(13)10(14)5-8/h2-5H,6H2,1H3,(H2,15,16,17). The number of hydrogen-bond acceptors (Lipinski definition) is 4. The maximum Gasteiger partial charge on any atom is 0.168 e. The summed E-state index contributed by atoms with van der Waals surface area (Å²) in [6.45, 7) is 1.97. The van der Waals surface area contributed by atoms with Gasteiger partial charge >= 0.3 is 0 Å². The van der Waals surface area contributed by atoms with Crippen LogP contribution in [0.15, 0.2) is 28.7 Å². The van der Waals surface area contributed by atoms with Gasteiger partial charge in [-0.3, -0.25) is 0 Å². The molecule has 18 heavy (non-hydrogen) atoms. The number of anilines is 1. The first-order valence-corrected chi connectivity index (χ1v) is 6.02. The second kappa shape index (κ2) is 5.30. The minimum atomic E-state index is -0.378.